The second kappa shape index (κ2) is 5.60. The number of hydrogen-bond acceptors (Lipinski definition) is 6. The van der Waals surface area contributed by atoms with Gasteiger partial charge in [0.25, 0.3) is 11.7 Å². The van der Waals surface area contributed by atoms with Gasteiger partial charge in [-0.3, -0.25) is 10.1 Å². The van der Waals surface area contributed by atoms with Gasteiger partial charge < -0.3 is 0 Å². The number of aryl methyl sites for hydroxylation is 2. The summed E-state index contributed by atoms with van der Waals surface area (Å²) in [5.74, 6) is -0.951. The first-order valence-electron chi connectivity index (χ1n) is 6.34. The highest BCUT2D eigenvalue weighted by atomic mass is 32.1. The van der Waals surface area contributed by atoms with E-state index < -0.39 is 5.91 Å². The van der Waals surface area contributed by atoms with E-state index in [9.17, 15) is 9.18 Å². The second-order valence-corrected chi connectivity index (χ2v) is 5.70. The van der Waals surface area contributed by atoms with E-state index in [0.717, 1.165) is 15.4 Å². The summed E-state index contributed by atoms with van der Waals surface area (Å²) < 4.78 is 12.9. The zero-order valence-corrected chi connectivity index (χ0v) is 12.6. The Balaban J connectivity index is 1.78. The number of aromatic nitrogens is 5. The lowest BCUT2D eigenvalue weighted by atomic mass is 10.3. The number of tetrazole rings is 1. The lowest BCUT2D eigenvalue weighted by molar-refractivity contribution is 0.101. The topological polar surface area (TPSA) is 85.6 Å². The molecule has 0 unspecified atom stereocenters. The van der Waals surface area contributed by atoms with Gasteiger partial charge in [-0.25, -0.2) is 9.37 Å². The van der Waals surface area contributed by atoms with E-state index in [1.165, 1.54) is 35.6 Å². The van der Waals surface area contributed by atoms with Crippen molar-refractivity contribution < 1.29 is 9.18 Å². The Morgan fingerprint density at radius 2 is 2.00 bits per heavy atom. The predicted molar refractivity (Wildman–Crippen MR) is 78.7 cm³/mol. The van der Waals surface area contributed by atoms with Crippen LogP contribution in [0.2, 0.25) is 0 Å². The molecule has 0 radical (unpaired) electrons. The summed E-state index contributed by atoms with van der Waals surface area (Å²) in [5.41, 5.74) is 1.37. The third-order valence-corrected chi connectivity index (χ3v) is 3.91. The largest absolute Gasteiger partial charge is 0.299 e. The highest BCUT2D eigenvalue weighted by Gasteiger charge is 2.16. The predicted octanol–water partition coefficient (Wildman–Crippen LogP) is 2.13. The summed E-state index contributed by atoms with van der Waals surface area (Å²) in [4.78, 5) is 18.4. The van der Waals surface area contributed by atoms with Crippen molar-refractivity contribution in [3.63, 3.8) is 0 Å². The number of benzene rings is 1. The Bertz CT molecular complexity index is 806. The molecule has 7 nitrogen and oxygen atoms in total. The van der Waals surface area contributed by atoms with Crippen LogP contribution in [0.3, 0.4) is 0 Å². The monoisotopic (exact) mass is 318 g/mol. The molecule has 0 bridgehead atoms. The number of rotatable bonds is 3. The highest BCUT2D eigenvalue weighted by molar-refractivity contribution is 7.15. The van der Waals surface area contributed by atoms with Gasteiger partial charge in [0, 0.05) is 4.88 Å². The Hall–Kier alpha value is -2.68. The minimum absolute atomic E-state index is 0.0881. The molecule has 3 rings (SSSR count). The van der Waals surface area contributed by atoms with Gasteiger partial charge >= 0.3 is 0 Å². The molecule has 0 fully saturated rings. The second-order valence-electron chi connectivity index (χ2n) is 4.49. The van der Waals surface area contributed by atoms with Crippen LogP contribution in [0, 0.1) is 19.7 Å². The van der Waals surface area contributed by atoms with Crippen molar-refractivity contribution in [2.75, 3.05) is 5.32 Å². The van der Waals surface area contributed by atoms with E-state index in [1.807, 2.05) is 13.8 Å². The fourth-order valence-corrected chi connectivity index (χ4v) is 2.48. The van der Waals surface area contributed by atoms with Gasteiger partial charge in [-0.05, 0) is 43.3 Å². The van der Waals surface area contributed by atoms with Gasteiger partial charge in [0.15, 0.2) is 5.13 Å². The molecular weight excluding hydrogens is 307 g/mol. The molecule has 1 N–H and O–H groups in total. The van der Waals surface area contributed by atoms with Crippen molar-refractivity contribution in [2.24, 2.45) is 0 Å². The molecule has 0 aliphatic rings. The number of nitrogens with zero attached hydrogens (tertiary/aromatic N) is 5. The Morgan fingerprint density at radius 3 is 2.64 bits per heavy atom. The fourth-order valence-electron chi connectivity index (χ4n) is 1.67. The molecule has 0 aliphatic carbocycles. The molecule has 112 valence electrons. The average Bonchev–Trinajstić information content (AvgIpc) is 3.08. The van der Waals surface area contributed by atoms with Gasteiger partial charge in [-0.15, -0.1) is 26.3 Å². The first-order valence-corrected chi connectivity index (χ1v) is 7.16. The van der Waals surface area contributed by atoms with Crippen LogP contribution in [0.5, 0.6) is 0 Å². The molecule has 0 atom stereocenters. The lowest BCUT2D eigenvalue weighted by Gasteiger charge is -1.97. The molecule has 2 heterocycles. The minimum Gasteiger partial charge on any atom is -0.295 e. The van der Waals surface area contributed by atoms with E-state index >= 15 is 0 Å². The van der Waals surface area contributed by atoms with Crippen LogP contribution in [0.1, 0.15) is 21.2 Å². The van der Waals surface area contributed by atoms with Crippen molar-refractivity contribution in [1.82, 2.24) is 25.2 Å². The number of anilines is 1. The van der Waals surface area contributed by atoms with Gasteiger partial charge in [0.05, 0.1) is 11.4 Å². The van der Waals surface area contributed by atoms with E-state index in [4.69, 9.17) is 0 Å². The summed E-state index contributed by atoms with van der Waals surface area (Å²) >= 11 is 1.37. The lowest BCUT2D eigenvalue weighted by Crippen LogP contribution is -2.14. The molecule has 1 amide bonds. The number of amides is 1. The normalized spacial score (nSPS) is 10.7. The quantitative estimate of drug-likeness (QED) is 0.799. The third kappa shape index (κ3) is 2.84. The summed E-state index contributed by atoms with van der Waals surface area (Å²) in [6.07, 6.45) is 0. The van der Waals surface area contributed by atoms with Crippen LogP contribution in [0.15, 0.2) is 24.3 Å². The maximum atomic E-state index is 12.9. The van der Waals surface area contributed by atoms with Crippen LogP contribution < -0.4 is 5.32 Å². The first kappa shape index (κ1) is 14.3. The maximum Gasteiger partial charge on any atom is 0.299 e. The summed E-state index contributed by atoms with van der Waals surface area (Å²) in [6.45, 7) is 3.79. The molecule has 0 aliphatic heterocycles. The molecule has 2 aromatic heterocycles. The number of halogens is 1. The molecule has 0 saturated carbocycles. The summed E-state index contributed by atoms with van der Waals surface area (Å²) in [6, 6.07) is 5.54. The van der Waals surface area contributed by atoms with Crippen molar-refractivity contribution in [3.8, 4) is 5.69 Å². The fraction of sp³-hybridized carbons (Fsp3) is 0.154. The van der Waals surface area contributed by atoms with E-state index in [-0.39, 0.29) is 11.6 Å². The van der Waals surface area contributed by atoms with Crippen LogP contribution in [-0.2, 0) is 0 Å². The molecular formula is C13H11FN6OS. The SMILES string of the molecule is Cc1nc(NC(=O)c2nnn(-c3ccc(F)cc3)n2)sc1C. The summed E-state index contributed by atoms with van der Waals surface area (Å²) in [5, 5.41) is 14.6. The minimum atomic E-state index is -0.498. The van der Waals surface area contributed by atoms with Crippen molar-refractivity contribution in [2.45, 2.75) is 13.8 Å². The van der Waals surface area contributed by atoms with Crippen molar-refractivity contribution in [3.05, 3.63) is 46.5 Å². The van der Waals surface area contributed by atoms with Gasteiger partial charge in [-0.1, -0.05) is 0 Å². The Morgan fingerprint density at radius 1 is 1.27 bits per heavy atom. The number of nitrogens with one attached hydrogen (secondary N) is 1. The summed E-state index contributed by atoms with van der Waals surface area (Å²) in [7, 11) is 0. The van der Waals surface area contributed by atoms with E-state index in [1.54, 1.807) is 0 Å². The Kier molecular flexibility index (Phi) is 3.63. The molecule has 22 heavy (non-hydrogen) atoms. The number of carbonyl (C=O) groups is 1. The molecule has 1 aromatic carbocycles. The number of carbonyl (C=O) groups excluding carboxylic acids is 1. The standard InChI is InChI=1S/C13H11FN6OS/c1-7-8(2)22-13(15-7)16-12(21)11-17-19-20(18-11)10-5-3-9(14)4-6-10/h3-6H,1-2H3,(H,15,16,21). The van der Waals surface area contributed by atoms with Crippen LogP contribution in [0.4, 0.5) is 9.52 Å². The van der Waals surface area contributed by atoms with Crippen LogP contribution in [0.25, 0.3) is 5.69 Å². The maximum absolute atomic E-state index is 12.9. The van der Waals surface area contributed by atoms with Crippen molar-refractivity contribution in [1.29, 1.82) is 0 Å². The van der Waals surface area contributed by atoms with E-state index in [2.05, 4.69) is 25.7 Å². The average molecular weight is 318 g/mol. The number of hydrogen-bond donors (Lipinski definition) is 1. The van der Waals surface area contributed by atoms with Crippen LogP contribution in [-0.4, -0.2) is 31.1 Å². The smallest absolute Gasteiger partial charge is 0.295 e. The molecule has 0 spiro atoms. The zero-order chi connectivity index (χ0) is 15.7. The zero-order valence-electron chi connectivity index (χ0n) is 11.7. The van der Waals surface area contributed by atoms with Gasteiger partial charge in [0.1, 0.15) is 5.82 Å². The van der Waals surface area contributed by atoms with Crippen molar-refractivity contribution >= 4 is 22.4 Å². The van der Waals surface area contributed by atoms with Gasteiger partial charge in [0.2, 0.25) is 0 Å². The first-order chi connectivity index (χ1) is 10.5. The third-order valence-electron chi connectivity index (χ3n) is 2.92. The Labute approximate surface area is 128 Å². The molecule has 9 heteroatoms. The van der Waals surface area contributed by atoms with Gasteiger partial charge in [-0.2, -0.15) is 0 Å². The highest BCUT2D eigenvalue weighted by Crippen LogP contribution is 2.21. The number of thiazole rings is 1. The molecule has 3 aromatic rings. The van der Waals surface area contributed by atoms with E-state index in [0.29, 0.717) is 10.8 Å². The molecule has 0 saturated heterocycles. The van der Waals surface area contributed by atoms with Crippen LogP contribution >= 0.6 is 11.3 Å².